The Balaban J connectivity index is 2.16. The molecule has 1 heterocycles. The summed E-state index contributed by atoms with van der Waals surface area (Å²) in [5.74, 6) is 0.322. The lowest BCUT2D eigenvalue weighted by Gasteiger charge is -2.12. The number of anilines is 1. The minimum absolute atomic E-state index is 0.0560. The van der Waals surface area contributed by atoms with E-state index in [1.165, 1.54) is 4.57 Å². The van der Waals surface area contributed by atoms with Crippen LogP contribution in [0.2, 0.25) is 0 Å². The molecule has 1 N–H and O–H groups in total. The van der Waals surface area contributed by atoms with Gasteiger partial charge in [-0.15, -0.1) is 0 Å². The van der Waals surface area contributed by atoms with Crippen molar-refractivity contribution in [2.24, 2.45) is 0 Å². The van der Waals surface area contributed by atoms with Gasteiger partial charge >= 0.3 is 0 Å². The molecule has 0 unspecified atom stereocenters. The van der Waals surface area contributed by atoms with Crippen molar-refractivity contribution in [1.29, 1.82) is 0 Å². The van der Waals surface area contributed by atoms with Crippen molar-refractivity contribution in [2.75, 3.05) is 11.9 Å². The molecule has 0 atom stereocenters. The highest BCUT2D eigenvalue weighted by Crippen LogP contribution is 2.23. The zero-order valence-electron chi connectivity index (χ0n) is 12.4. The summed E-state index contributed by atoms with van der Waals surface area (Å²) in [5.41, 5.74) is 1.25. The maximum Gasteiger partial charge on any atom is 0.265 e. The second kappa shape index (κ2) is 7.26. The molecule has 0 spiro atoms. The second-order valence-electron chi connectivity index (χ2n) is 4.78. The summed E-state index contributed by atoms with van der Waals surface area (Å²) < 4.78 is 7.27. The van der Waals surface area contributed by atoms with Crippen molar-refractivity contribution in [3.63, 3.8) is 0 Å². The fourth-order valence-corrected chi connectivity index (χ4v) is 2.64. The highest BCUT2D eigenvalue weighted by Gasteiger charge is 2.10. The van der Waals surface area contributed by atoms with Crippen molar-refractivity contribution >= 4 is 27.5 Å². The molecule has 116 valence electrons. The van der Waals surface area contributed by atoms with Gasteiger partial charge in [0.2, 0.25) is 5.91 Å². The molecule has 6 heteroatoms. The summed E-state index contributed by atoms with van der Waals surface area (Å²) >= 11 is 3.20. The number of hydrogen-bond donors (Lipinski definition) is 1. The molecule has 2 rings (SSSR count). The molecule has 1 amide bonds. The molecule has 0 radical (unpaired) electrons. The fourth-order valence-electron chi connectivity index (χ4n) is 2.05. The molecular formula is C16H17BrN2O3. The van der Waals surface area contributed by atoms with Gasteiger partial charge in [0, 0.05) is 6.20 Å². The number of aryl methyl sites for hydroxylation is 1. The molecule has 1 aromatic carbocycles. The number of aromatic nitrogens is 1. The number of carbonyl (C=O) groups excluding carboxylic acids is 1. The van der Waals surface area contributed by atoms with Gasteiger partial charge in [0.05, 0.1) is 16.8 Å². The third-order valence-corrected chi connectivity index (χ3v) is 3.52. The van der Waals surface area contributed by atoms with Crippen molar-refractivity contribution < 1.29 is 9.53 Å². The van der Waals surface area contributed by atoms with E-state index in [0.29, 0.717) is 22.5 Å². The van der Waals surface area contributed by atoms with Crippen molar-refractivity contribution in [3.8, 4) is 5.75 Å². The van der Waals surface area contributed by atoms with E-state index in [1.54, 1.807) is 24.4 Å². The van der Waals surface area contributed by atoms with Gasteiger partial charge in [-0.3, -0.25) is 9.59 Å². The number of ether oxygens (including phenoxy) is 1. The molecule has 0 saturated carbocycles. The third-order valence-electron chi connectivity index (χ3n) is 2.95. The molecule has 2 aromatic rings. The quantitative estimate of drug-likeness (QED) is 0.886. The summed E-state index contributed by atoms with van der Waals surface area (Å²) in [6.45, 7) is 4.20. The molecule has 22 heavy (non-hydrogen) atoms. The number of carbonyl (C=O) groups is 1. The lowest BCUT2D eigenvalue weighted by molar-refractivity contribution is -0.116. The number of nitrogens with one attached hydrogen (secondary N) is 1. The molecular weight excluding hydrogens is 348 g/mol. The number of nitrogens with zero attached hydrogens (tertiary/aromatic N) is 1. The Bertz CT molecular complexity index is 740. The monoisotopic (exact) mass is 364 g/mol. The SMILES string of the molecule is CCOc1ccccc1NC(=O)Cn1cc(C)cc(Br)c1=O. The smallest absolute Gasteiger partial charge is 0.265 e. The average molecular weight is 365 g/mol. The molecule has 0 aliphatic rings. The van der Waals surface area contributed by atoms with E-state index >= 15 is 0 Å². The van der Waals surface area contributed by atoms with Crippen LogP contribution in [0.5, 0.6) is 5.75 Å². The Morgan fingerprint density at radius 3 is 2.82 bits per heavy atom. The maximum atomic E-state index is 12.2. The van der Waals surface area contributed by atoms with Gasteiger partial charge < -0.3 is 14.6 Å². The topological polar surface area (TPSA) is 60.3 Å². The van der Waals surface area contributed by atoms with Crippen molar-refractivity contribution in [2.45, 2.75) is 20.4 Å². The van der Waals surface area contributed by atoms with Gasteiger partial charge in [-0.1, -0.05) is 12.1 Å². The van der Waals surface area contributed by atoms with Gasteiger partial charge in [-0.05, 0) is 53.5 Å². The summed E-state index contributed by atoms with van der Waals surface area (Å²) in [7, 11) is 0. The van der Waals surface area contributed by atoms with E-state index in [0.717, 1.165) is 5.56 Å². The predicted octanol–water partition coefficient (Wildman–Crippen LogP) is 2.96. The first kappa shape index (κ1) is 16.3. The van der Waals surface area contributed by atoms with Crippen LogP contribution in [-0.2, 0) is 11.3 Å². The standard InChI is InChI=1S/C16H17BrN2O3/c1-3-22-14-7-5-4-6-13(14)18-15(20)10-19-9-11(2)8-12(17)16(19)21/h4-9H,3,10H2,1-2H3,(H,18,20). The summed E-state index contributed by atoms with van der Waals surface area (Å²) in [6.07, 6.45) is 1.65. The zero-order valence-corrected chi connectivity index (χ0v) is 14.0. The van der Waals surface area contributed by atoms with Gasteiger partial charge in [-0.2, -0.15) is 0 Å². The molecule has 5 nitrogen and oxygen atoms in total. The van der Waals surface area contributed by atoms with Crippen LogP contribution in [0.25, 0.3) is 0 Å². The zero-order chi connectivity index (χ0) is 16.1. The van der Waals surface area contributed by atoms with Gasteiger partial charge in [0.25, 0.3) is 5.56 Å². The van der Waals surface area contributed by atoms with Crippen molar-refractivity contribution in [1.82, 2.24) is 4.57 Å². The fraction of sp³-hybridized carbons (Fsp3) is 0.250. The minimum Gasteiger partial charge on any atom is -0.492 e. The van der Waals surface area contributed by atoms with Crippen LogP contribution in [0.1, 0.15) is 12.5 Å². The highest BCUT2D eigenvalue weighted by molar-refractivity contribution is 9.10. The molecule has 1 aromatic heterocycles. The van der Waals surface area contributed by atoms with E-state index in [-0.39, 0.29) is 18.0 Å². The lowest BCUT2D eigenvalue weighted by atomic mass is 10.3. The predicted molar refractivity (Wildman–Crippen MR) is 89.4 cm³/mol. The van der Waals surface area contributed by atoms with E-state index in [9.17, 15) is 9.59 Å². The Labute approximate surface area is 137 Å². The maximum absolute atomic E-state index is 12.2. The largest absolute Gasteiger partial charge is 0.492 e. The molecule has 0 saturated heterocycles. The van der Waals surface area contributed by atoms with Crippen LogP contribution >= 0.6 is 15.9 Å². The normalized spacial score (nSPS) is 10.3. The van der Waals surface area contributed by atoms with Crippen molar-refractivity contribution in [3.05, 3.63) is 56.9 Å². The van der Waals surface area contributed by atoms with E-state index in [4.69, 9.17) is 4.74 Å². The summed E-state index contributed by atoms with van der Waals surface area (Å²) in [6, 6.07) is 8.92. The average Bonchev–Trinajstić information content (AvgIpc) is 2.46. The number of benzene rings is 1. The Kier molecular flexibility index (Phi) is 5.38. The van der Waals surface area contributed by atoms with E-state index < -0.39 is 0 Å². The van der Waals surface area contributed by atoms with Crippen LogP contribution in [0.3, 0.4) is 0 Å². The van der Waals surface area contributed by atoms with Gasteiger partial charge in [0.1, 0.15) is 12.3 Å². The summed E-state index contributed by atoms with van der Waals surface area (Å²) in [5, 5.41) is 2.77. The second-order valence-corrected chi connectivity index (χ2v) is 5.63. The number of amides is 1. The first-order valence-electron chi connectivity index (χ1n) is 6.89. The number of pyridine rings is 1. The lowest BCUT2D eigenvalue weighted by Crippen LogP contribution is -2.28. The Hall–Kier alpha value is -2.08. The van der Waals surface area contributed by atoms with Crippen LogP contribution in [0.4, 0.5) is 5.69 Å². The van der Waals surface area contributed by atoms with Crippen LogP contribution in [0, 0.1) is 6.92 Å². The molecule has 0 aliphatic carbocycles. The van der Waals surface area contributed by atoms with Crippen LogP contribution in [0.15, 0.2) is 45.8 Å². The van der Waals surface area contributed by atoms with Gasteiger partial charge in [-0.25, -0.2) is 0 Å². The number of para-hydroxylation sites is 2. The van der Waals surface area contributed by atoms with E-state index in [2.05, 4.69) is 21.2 Å². The molecule has 0 fully saturated rings. The van der Waals surface area contributed by atoms with Crippen LogP contribution in [-0.4, -0.2) is 17.1 Å². The Morgan fingerprint density at radius 1 is 1.36 bits per heavy atom. The first-order valence-corrected chi connectivity index (χ1v) is 7.69. The third kappa shape index (κ3) is 3.98. The molecule has 0 aliphatic heterocycles. The number of hydrogen-bond acceptors (Lipinski definition) is 3. The number of rotatable bonds is 5. The van der Waals surface area contributed by atoms with Gasteiger partial charge in [0.15, 0.2) is 0 Å². The Morgan fingerprint density at radius 2 is 2.09 bits per heavy atom. The minimum atomic E-state index is -0.285. The van der Waals surface area contributed by atoms with Crippen LogP contribution < -0.4 is 15.6 Å². The number of halogens is 1. The highest BCUT2D eigenvalue weighted by atomic mass is 79.9. The van der Waals surface area contributed by atoms with E-state index in [1.807, 2.05) is 26.0 Å². The summed E-state index contributed by atoms with van der Waals surface area (Å²) in [4.78, 5) is 24.2. The first-order chi connectivity index (χ1) is 10.5. The molecule has 0 bridgehead atoms.